The first-order chi connectivity index (χ1) is 8.63. The van der Waals surface area contributed by atoms with Crippen LogP contribution in [0.4, 0.5) is 0 Å². The Labute approximate surface area is 112 Å². The molecule has 0 aromatic heterocycles. The summed E-state index contributed by atoms with van der Waals surface area (Å²) in [4.78, 5) is 0. The SMILES string of the molecule is CCNC(C)CCCOc1cccc(C(C)C)c1. The van der Waals surface area contributed by atoms with E-state index >= 15 is 0 Å². The Morgan fingerprint density at radius 3 is 2.67 bits per heavy atom. The third-order valence-electron chi connectivity index (χ3n) is 3.13. The van der Waals surface area contributed by atoms with Crippen LogP contribution < -0.4 is 10.1 Å². The van der Waals surface area contributed by atoms with Crippen LogP contribution in [0, 0.1) is 0 Å². The van der Waals surface area contributed by atoms with Gasteiger partial charge in [0, 0.05) is 6.04 Å². The maximum atomic E-state index is 5.80. The van der Waals surface area contributed by atoms with Gasteiger partial charge < -0.3 is 10.1 Å². The van der Waals surface area contributed by atoms with Gasteiger partial charge in [0.05, 0.1) is 6.61 Å². The highest BCUT2D eigenvalue weighted by Crippen LogP contribution is 2.20. The highest BCUT2D eigenvalue weighted by atomic mass is 16.5. The lowest BCUT2D eigenvalue weighted by molar-refractivity contribution is 0.298. The minimum absolute atomic E-state index is 0.558. The monoisotopic (exact) mass is 249 g/mol. The van der Waals surface area contributed by atoms with Crippen molar-refractivity contribution in [2.45, 2.75) is 52.5 Å². The Hall–Kier alpha value is -1.02. The second-order valence-corrected chi connectivity index (χ2v) is 5.18. The van der Waals surface area contributed by atoms with Gasteiger partial charge in [-0.2, -0.15) is 0 Å². The minimum atomic E-state index is 0.558. The van der Waals surface area contributed by atoms with Crippen molar-refractivity contribution in [1.29, 1.82) is 0 Å². The van der Waals surface area contributed by atoms with Crippen molar-refractivity contribution in [3.8, 4) is 5.75 Å². The maximum absolute atomic E-state index is 5.80. The third-order valence-corrected chi connectivity index (χ3v) is 3.13. The summed E-state index contributed by atoms with van der Waals surface area (Å²) < 4.78 is 5.80. The van der Waals surface area contributed by atoms with Crippen molar-refractivity contribution >= 4 is 0 Å². The summed E-state index contributed by atoms with van der Waals surface area (Å²) in [5.41, 5.74) is 1.34. The van der Waals surface area contributed by atoms with E-state index in [1.165, 1.54) is 5.56 Å². The molecular formula is C16H27NO. The normalized spacial score (nSPS) is 12.7. The Balaban J connectivity index is 2.29. The molecule has 2 nitrogen and oxygen atoms in total. The average molecular weight is 249 g/mol. The molecule has 0 heterocycles. The molecule has 0 amide bonds. The molecule has 1 aromatic carbocycles. The highest BCUT2D eigenvalue weighted by molar-refractivity contribution is 5.30. The molecule has 0 aliphatic heterocycles. The number of hydrogen-bond acceptors (Lipinski definition) is 2. The second kappa shape index (κ2) is 8.15. The molecular weight excluding hydrogens is 222 g/mol. The van der Waals surface area contributed by atoms with Crippen molar-refractivity contribution in [2.75, 3.05) is 13.2 Å². The summed E-state index contributed by atoms with van der Waals surface area (Å²) in [6, 6.07) is 9.01. The third kappa shape index (κ3) is 5.54. The molecule has 1 N–H and O–H groups in total. The summed E-state index contributed by atoms with van der Waals surface area (Å²) >= 11 is 0. The van der Waals surface area contributed by atoms with E-state index < -0.39 is 0 Å². The smallest absolute Gasteiger partial charge is 0.119 e. The van der Waals surface area contributed by atoms with E-state index in [9.17, 15) is 0 Å². The van der Waals surface area contributed by atoms with E-state index in [4.69, 9.17) is 4.74 Å². The minimum Gasteiger partial charge on any atom is -0.494 e. The van der Waals surface area contributed by atoms with Gasteiger partial charge in [0.2, 0.25) is 0 Å². The maximum Gasteiger partial charge on any atom is 0.119 e. The van der Waals surface area contributed by atoms with Crippen LogP contribution in [0.15, 0.2) is 24.3 Å². The molecule has 18 heavy (non-hydrogen) atoms. The summed E-state index contributed by atoms with van der Waals surface area (Å²) in [5.74, 6) is 1.56. The average Bonchev–Trinajstić information content (AvgIpc) is 2.35. The first-order valence-electron chi connectivity index (χ1n) is 7.09. The zero-order valence-corrected chi connectivity index (χ0v) is 12.2. The topological polar surface area (TPSA) is 21.3 Å². The summed E-state index contributed by atoms with van der Waals surface area (Å²) in [7, 11) is 0. The standard InChI is InChI=1S/C16H27NO/c1-5-17-14(4)8-7-11-18-16-10-6-9-15(12-16)13(2)3/h6,9-10,12-14,17H,5,7-8,11H2,1-4H3. The lowest BCUT2D eigenvalue weighted by Gasteiger charge is -2.13. The summed E-state index contributed by atoms with van der Waals surface area (Å²) in [5, 5.41) is 3.41. The molecule has 1 aromatic rings. The van der Waals surface area contributed by atoms with Gasteiger partial charge in [0.1, 0.15) is 5.75 Å². The molecule has 1 rings (SSSR count). The quantitative estimate of drug-likeness (QED) is 0.704. The molecule has 0 fully saturated rings. The predicted molar refractivity (Wildman–Crippen MR) is 78.4 cm³/mol. The van der Waals surface area contributed by atoms with E-state index in [-0.39, 0.29) is 0 Å². The van der Waals surface area contributed by atoms with Crippen molar-refractivity contribution in [3.05, 3.63) is 29.8 Å². The van der Waals surface area contributed by atoms with Crippen LogP contribution >= 0.6 is 0 Å². The molecule has 0 bridgehead atoms. The lowest BCUT2D eigenvalue weighted by atomic mass is 10.0. The first-order valence-corrected chi connectivity index (χ1v) is 7.09. The van der Waals surface area contributed by atoms with Crippen LogP contribution in [0.5, 0.6) is 5.75 Å². The Morgan fingerprint density at radius 2 is 2.00 bits per heavy atom. The van der Waals surface area contributed by atoms with Crippen LogP contribution in [0.1, 0.15) is 52.0 Å². The van der Waals surface area contributed by atoms with Crippen LogP contribution in [0.25, 0.3) is 0 Å². The fourth-order valence-corrected chi connectivity index (χ4v) is 1.99. The van der Waals surface area contributed by atoms with Crippen LogP contribution in [-0.4, -0.2) is 19.2 Å². The largest absolute Gasteiger partial charge is 0.494 e. The zero-order chi connectivity index (χ0) is 13.4. The van der Waals surface area contributed by atoms with E-state index in [0.29, 0.717) is 12.0 Å². The Kier molecular flexibility index (Phi) is 6.81. The van der Waals surface area contributed by atoms with Crippen molar-refractivity contribution in [2.24, 2.45) is 0 Å². The highest BCUT2D eigenvalue weighted by Gasteiger charge is 2.02. The van der Waals surface area contributed by atoms with Gasteiger partial charge >= 0.3 is 0 Å². The van der Waals surface area contributed by atoms with Crippen LogP contribution in [0.3, 0.4) is 0 Å². The molecule has 1 atom stereocenters. The Morgan fingerprint density at radius 1 is 1.22 bits per heavy atom. The molecule has 0 aliphatic rings. The van der Waals surface area contributed by atoms with Gasteiger partial charge in [-0.25, -0.2) is 0 Å². The van der Waals surface area contributed by atoms with Crippen molar-refractivity contribution < 1.29 is 4.74 Å². The molecule has 102 valence electrons. The molecule has 0 saturated carbocycles. The fraction of sp³-hybridized carbons (Fsp3) is 0.625. The summed E-state index contributed by atoms with van der Waals surface area (Å²) in [6.45, 7) is 10.6. The van der Waals surface area contributed by atoms with E-state index in [0.717, 1.165) is 31.7 Å². The van der Waals surface area contributed by atoms with Gasteiger partial charge in [-0.05, 0) is 49.9 Å². The molecule has 0 aliphatic carbocycles. The number of hydrogen-bond donors (Lipinski definition) is 1. The molecule has 1 unspecified atom stereocenters. The molecule has 0 radical (unpaired) electrons. The van der Waals surface area contributed by atoms with Crippen molar-refractivity contribution in [1.82, 2.24) is 5.32 Å². The fourth-order valence-electron chi connectivity index (χ4n) is 1.99. The predicted octanol–water partition coefficient (Wildman–Crippen LogP) is 3.97. The lowest BCUT2D eigenvalue weighted by Crippen LogP contribution is -2.25. The van der Waals surface area contributed by atoms with Crippen LogP contribution in [-0.2, 0) is 0 Å². The van der Waals surface area contributed by atoms with E-state index in [1.54, 1.807) is 0 Å². The van der Waals surface area contributed by atoms with Gasteiger partial charge in [0.15, 0.2) is 0 Å². The first kappa shape index (κ1) is 15.0. The zero-order valence-electron chi connectivity index (χ0n) is 12.2. The molecule has 0 spiro atoms. The number of ether oxygens (including phenoxy) is 1. The van der Waals surface area contributed by atoms with Gasteiger partial charge in [-0.1, -0.05) is 32.9 Å². The second-order valence-electron chi connectivity index (χ2n) is 5.18. The van der Waals surface area contributed by atoms with Gasteiger partial charge in [-0.3, -0.25) is 0 Å². The summed E-state index contributed by atoms with van der Waals surface area (Å²) in [6.07, 6.45) is 2.26. The van der Waals surface area contributed by atoms with E-state index in [1.807, 2.05) is 6.07 Å². The number of nitrogens with one attached hydrogen (secondary N) is 1. The molecule has 0 saturated heterocycles. The molecule has 2 heteroatoms. The van der Waals surface area contributed by atoms with Gasteiger partial charge in [0.25, 0.3) is 0 Å². The van der Waals surface area contributed by atoms with Crippen molar-refractivity contribution in [3.63, 3.8) is 0 Å². The van der Waals surface area contributed by atoms with E-state index in [2.05, 4.69) is 51.2 Å². The Bertz CT molecular complexity index is 336. The van der Waals surface area contributed by atoms with Crippen LogP contribution in [0.2, 0.25) is 0 Å². The number of benzene rings is 1. The number of rotatable bonds is 8. The van der Waals surface area contributed by atoms with Gasteiger partial charge in [-0.15, -0.1) is 0 Å².